The Labute approximate surface area is 113 Å². The molecule has 2 rings (SSSR count). The van der Waals surface area contributed by atoms with E-state index in [0.29, 0.717) is 5.82 Å². The number of nitrogens with two attached hydrogens (primary N) is 1. The number of rotatable bonds is 5. The minimum atomic E-state index is 0.518. The van der Waals surface area contributed by atoms with Gasteiger partial charge in [-0.3, -0.25) is 0 Å². The van der Waals surface area contributed by atoms with E-state index in [4.69, 9.17) is 10.2 Å². The Morgan fingerprint density at radius 3 is 2.79 bits per heavy atom. The van der Waals surface area contributed by atoms with Crippen LogP contribution in [-0.4, -0.2) is 17.0 Å². The van der Waals surface area contributed by atoms with Crippen LogP contribution in [0.3, 0.4) is 0 Å². The minimum absolute atomic E-state index is 0.518. The smallest absolute Gasteiger partial charge is 0.134 e. The molecule has 5 heteroatoms. The summed E-state index contributed by atoms with van der Waals surface area (Å²) in [6, 6.07) is 3.78. The summed E-state index contributed by atoms with van der Waals surface area (Å²) in [6.07, 6.45) is 3.55. The van der Waals surface area contributed by atoms with Crippen molar-refractivity contribution in [1.29, 1.82) is 0 Å². The largest absolute Gasteiger partial charge is 0.469 e. The molecule has 0 atom stereocenters. The molecule has 0 amide bonds. The van der Waals surface area contributed by atoms with Gasteiger partial charge in [0.05, 0.1) is 6.26 Å². The van der Waals surface area contributed by atoms with Crippen LogP contribution in [0.15, 0.2) is 22.8 Å². The molecular weight excluding hydrogens is 240 g/mol. The van der Waals surface area contributed by atoms with Gasteiger partial charge < -0.3 is 15.1 Å². The number of furan rings is 1. The van der Waals surface area contributed by atoms with E-state index in [-0.39, 0.29) is 0 Å². The molecule has 0 aromatic carbocycles. The topological polar surface area (TPSA) is 68.2 Å². The maximum Gasteiger partial charge on any atom is 0.134 e. The molecule has 0 fully saturated rings. The van der Waals surface area contributed by atoms with Gasteiger partial charge in [-0.05, 0) is 19.4 Å². The normalized spacial score (nSPS) is 10.7. The van der Waals surface area contributed by atoms with Gasteiger partial charge in [0.1, 0.15) is 23.2 Å². The van der Waals surface area contributed by atoms with E-state index in [0.717, 1.165) is 42.4 Å². The van der Waals surface area contributed by atoms with E-state index < -0.39 is 0 Å². The molecule has 0 unspecified atom stereocenters. The fraction of sp³-hybridized carbons (Fsp3) is 0.429. The highest BCUT2D eigenvalue weighted by Crippen LogP contribution is 2.18. The number of nitrogen functional groups attached to an aromatic ring is 1. The summed E-state index contributed by atoms with van der Waals surface area (Å²) in [5.41, 5.74) is 6.98. The van der Waals surface area contributed by atoms with Crippen LogP contribution < -0.4 is 10.6 Å². The molecule has 0 saturated carbocycles. The molecule has 5 nitrogen and oxygen atoms in total. The van der Waals surface area contributed by atoms with Crippen LogP contribution in [0.25, 0.3) is 0 Å². The maximum absolute atomic E-state index is 5.83. The average molecular weight is 260 g/mol. The van der Waals surface area contributed by atoms with Gasteiger partial charge in [-0.2, -0.15) is 0 Å². The Balaban J connectivity index is 2.18. The summed E-state index contributed by atoms with van der Waals surface area (Å²) < 4.78 is 5.30. The first-order valence-electron chi connectivity index (χ1n) is 6.47. The third kappa shape index (κ3) is 3.24. The molecule has 102 valence electrons. The molecule has 0 aliphatic heterocycles. The highest BCUT2D eigenvalue weighted by molar-refractivity contribution is 5.47. The van der Waals surface area contributed by atoms with E-state index in [1.165, 1.54) is 0 Å². The van der Waals surface area contributed by atoms with E-state index in [1.54, 1.807) is 12.3 Å². The fourth-order valence-corrected chi connectivity index (χ4v) is 1.95. The molecule has 2 heterocycles. The van der Waals surface area contributed by atoms with Crippen molar-refractivity contribution in [3.8, 4) is 0 Å². The molecular formula is C14H20N4O. The van der Waals surface area contributed by atoms with Gasteiger partial charge in [0.15, 0.2) is 0 Å². The summed E-state index contributed by atoms with van der Waals surface area (Å²) in [5.74, 6) is 3.09. The molecule has 0 saturated heterocycles. The van der Waals surface area contributed by atoms with Crippen molar-refractivity contribution in [2.24, 2.45) is 0 Å². The van der Waals surface area contributed by atoms with E-state index >= 15 is 0 Å². The van der Waals surface area contributed by atoms with Crippen LogP contribution in [0, 0.1) is 6.92 Å². The van der Waals surface area contributed by atoms with Crippen LogP contribution in [-0.2, 0) is 13.0 Å². The Kier molecular flexibility index (Phi) is 4.04. The zero-order valence-electron chi connectivity index (χ0n) is 11.7. The van der Waals surface area contributed by atoms with Crippen molar-refractivity contribution < 1.29 is 4.42 Å². The molecule has 2 aromatic heterocycles. The minimum Gasteiger partial charge on any atom is -0.469 e. The highest BCUT2D eigenvalue weighted by Gasteiger charge is 2.10. The Bertz CT molecular complexity index is 550. The predicted molar refractivity (Wildman–Crippen MR) is 76.0 cm³/mol. The molecule has 0 aliphatic rings. The highest BCUT2D eigenvalue weighted by atomic mass is 16.3. The van der Waals surface area contributed by atoms with Crippen LogP contribution >= 0.6 is 0 Å². The number of aromatic nitrogens is 2. The average Bonchev–Trinajstić information content (AvgIpc) is 2.75. The van der Waals surface area contributed by atoms with Gasteiger partial charge in [-0.1, -0.05) is 6.92 Å². The van der Waals surface area contributed by atoms with Gasteiger partial charge >= 0.3 is 0 Å². The number of hydrogen-bond donors (Lipinski definition) is 1. The number of aryl methyl sites for hydroxylation is 2. The molecule has 0 radical (unpaired) electrons. The van der Waals surface area contributed by atoms with Gasteiger partial charge in [-0.25, -0.2) is 9.97 Å². The second-order valence-electron chi connectivity index (χ2n) is 4.68. The van der Waals surface area contributed by atoms with Gasteiger partial charge in [0.25, 0.3) is 0 Å². The monoisotopic (exact) mass is 260 g/mol. The quantitative estimate of drug-likeness (QED) is 0.894. The fourth-order valence-electron chi connectivity index (χ4n) is 1.95. The molecule has 0 aliphatic carbocycles. The molecule has 2 N–H and O–H groups in total. The summed E-state index contributed by atoms with van der Waals surface area (Å²) in [7, 11) is 1.99. The standard InChI is InChI=1S/C14H20N4O/c1-4-5-13-16-12(15)8-14(17-13)18(3)9-11-6-7-19-10(11)2/h6-8H,4-5,9H2,1-3H3,(H2,15,16,17). The zero-order valence-corrected chi connectivity index (χ0v) is 11.7. The summed E-state index contributed by atoms with van der Waals surface area (Å²) in [5, 5.41) is 0. The van der Waals surface area contributed by atoms with Gasteiger partial charge in [0.2, 0.25) is 0 Å². The van der Waals surface area contributed by atoms with E-state index in [2.05, 4.69) is 21.8 Å². The molecule has 19 heavy (non-hydrogen) atoms. The lowest BCUT2D eigenvalue weighted by atomic mass is 10.2. The lowest BCUT2D eigenvalue weighted by Gasteiger charge is -2.18. The Hall–Kier alpha value is -2.04. The molecule has 2 aromatic rings. The summed E-state index contributed by atoms with van der Waals surface area (Å²) >= 11 is 0. The van der Waals surface area contributed by atoms with E-state index in [1.807, 2.05) is 20.0 Å². The van der Waals surface area contributed by atoms with E-state index in [9.17, 15) is 0 Å². The number of anilines is 2. The lowest BCUT2D eigenvalue weighted by Crippen LogP contribution is -2.19. The first-order chi connectivity index (χ1) is 9.10. The van der Waals surface area contributed by atoms with Crippen LogP contribution in [0.1, 0.15) is 30.5 Å². The summed E-state index contributed by atoms with van der Waals surface area (Å²) in [6.45, 7) is 4.80. The first-order valence-corrected chi connectivity index (χ1v) is 6.47. The van der Waals surface area contributed by atoms with Crippen LogP contribution in [0.4, 0.5) is 11.6 Å². The van der Waals surface area contributed by atoms with Crippen molar-refractivity contribution >= 4 is 11.6 Å². The second-order valence-corrected chi connectivity index (χ2v) is 4.68. The Morgan fingerprint density at radius 2 is 2.16 bits per heavy atom. The van der Waals surface area contributed by atoms with Crippen molar-refractivity contribution in [2.75, 3.05) is 17.7 Å². The van der Waals surface area contributed by atoms with Crippen molar-refractivity contribution in [3.05, 3.63) is 35.5 Å². The summed E-state index contributed by atoms with van der Waals surface area (Å²) in [4.78, 5) is 10.8. The molecule has 0 spiro atoms. The number of hydrogen-bond acceptors (Lipinski definition) is 5. The number of nitrogens with zero attached hydrogens (tertiary/aromatic N) is 3. The lowest BCUT2D eigenvalue weighted by molar-refractivity contribution is 0.529. The van der Waals surface area contributed by atoms with Crippen molar-refractivity contribution in [3.63, 3.8) is 0 Å². The van der Waals surface area contributed by atoms with Crippen LogP contribution in [0.2, 0.25) is 0 Å². The second kappa shape index (κ2) is 5.73. The van der Waals surface area contributed by atoms with Gasteiger partial charge in [0, 0.05) is 31.6 Å². The third-order valence-corrected chi connectivity index (χ3v) is 3.02. The zero-order chi connectivity index (χ0) is 13.8. The Morgan fingerprint density at radius 1 is 1.37 bits per heavy atom. The maximum atomic E-state index is 5.83. The third-order valence-electron chi connectivity index (χ3n) is 3.02. The van der Waals surface area contributed by atoms with Crippen molar-refractivity contribution in [1.82, 2.24) is 9.97 Å². The molecule has 0 bridgehead atoms. The van der Waals surface area contributed by atoms with Crippen LogP contribution in [0.5, 0.6) is 0 Å². The predicted octanol–water partition coefficient (Wildman–Crippen LogP) is 2.55. The SMILES string of the molecule is CCCc1nc(N)cc(N(C)Cc2ccoc2C)n1. The van der Waals surface area contributed by atoms with Crippen molar-refractivity contribution in [2.45, 2.75) is 33.2 Å². The first kappa shape index (κ1) is 13.4. The van der Waals surface area contributed by atoms with Gasteiger partial charge in [-0.15, -0.1) is 0 Å².